The molecule has 0 aliphatic rings. The molecular formula is C42H70N10O12S2. The number of aromatic hydroxyl groups is 1. The monoisotopic (exact) mass is 970 g/mol. The summed E-state index contributed by atoms with van der Waals surface area (Å²) in [6.45, 7) is 9.34. The van der Waals surface area contributed by atoms with E-state index >= 15 is 0 Å². The van der Waals surface area contributed by atoms with Crippen LogP contribution in [0, 0.1) is 11.8 Å². The first-order chi connectivity index (χ1) is 31.0. The average molecular weight is 971 g/mol. The van der Waals surface area contributed by atoms with Crippen LogP contribution in [-0.4, -0.2) is 148 Å². The van der Waals surface area contributed by atoms with Gasteiger partial charge < -0.3 is 69.3 Å². The van der Waals surface area contributed by atoms with E-state index in [1.165, 1.54) is 38.1 Å². The van der Waals surface area contributed by atoms with Gasteiger partial charge >= 0.3 is 5.97 Å². The van der Waals surface area contributed by atoms with Crippen molar-refractivity contribution in [3.63, 3.8) is 0 Å². The SMILES string of the molecule is CC(C)C[C@H](NC(=O)[C@H](C)N)C(=O)N[C@@H](CC(C)C)C(=O)N[C@@H](CS)C(=O)N[C@@H](Cc1ccc(O)cc1)C(=O)N[C@@H](CO)C(=O)N[C@@H](CS)C(=O)N[C@@H](CCCCN)C(=O)N[C@@H](C)C(=O)O. The maximum absolute atomic E-state index is 13.9. The molecule has 372 valence electrons. The van der Waals surface area contributed by atoms with Gasteiger partial charge in [0.25, 0.3) is 0 Å². The number of nitrogens with two attached hydrogens (primary N) is 2. The summed E-state index contributed by atoms with van der Waals surface area (Å²) in [6, 6.07) is -5.93. The minimum absolute atomic E-state index is 0.0248. The van der Waals surface area contributed by atoms with Crippen molar-refractivity contribution >= 4 is 78.5 Å². The van der Waals surface area contributed by atoms with Crippen molar-refractivity contribution in [2.45, 2.75) is 134 Å². The van der Waals surface area contributed by atoms with E-state index in [2.05, 4.69) is 67.8 Å². The summed E-state index contributed by atoms with van der Waals surface area (Å²) in [5.74, 6) is -8.71. The highest BCUT2D eigenvalue weighted by Crippen LogP contribution is 2.13. The number of phenols is 1. The first-order valence-electron chi connectivity index (χ1n) is 21.7. The Morgan fingerprint density at radius 3 is 1.35 bits per heavy atom. The minimum Gasteiger partial charge on any atom is -0.508 e. The fourth-order valence-corrected chi connectivity index (χ4v) is 6.65. The standard InChI is InChI=1S/C42H70N10O12S2/c1-21(2)15-28(47-34(55)23(5)44)36(57)48-29(16-22(3)4)37(58)51-33(20-66)41(62)49-30(17-25-10-12-26(54)13-11-25)38(59)50-31(18-53)39(60)52-32(19-65)40(61)46-27(9-7-8-14-43)35(56)45-24(6)42(63)64/h10-13,21-24,27-33,53-54,65-66H,7-9,14-20,43-44H2,1-6H3,(H,45,56)(H,46,61)(H,47,55)(H,48,57)(H,49,62)(H,50,59)(H,51,58)(H,52,60)(H,63,64)/t23-,24-,27-,28-,29-,30-,31-,32-,33-/m0/s1. The molecule has 0 spiro atoms. The summed E-state index contributed by atoms with van der Waals surface area (Å²) in [5.41, 5.74) is 11.7. The summed E-state index contributed by atoms with van der Waals surface area (Å²) in [4.78, 5) is 118. The highest BCUT2D eigenvalue weighted by Gasteiger charge is 2.34. The zero-order chi connectivity index (χ0) is 50.3. The van der Waals surface area contributed by atoms with E-state index in [4.69, 9.17) is 11.5 Å². The molecule has 0 aliphatic heterocycles. The van der Waals surface area contributed by atoms with Gasteiger partial charge in [-0.1, -0.05) is 39.8 Å². The second-order valence-electron chi connectivity index (χ2n) is 16.7. The maximum atomic E-state index is 13.9. The van der Waals surface area contributed by atoms with Gasteiger partial charge in [-0.3, -0.25) is 43.2 Å². The van der Waals surface area contributed by atoms with Gasteiger partial charge in [-0.05, 0) is 82.0 Å². The van der Waals surface area contributed by atoms with Gasteiger partial charge in [-0.15, -0.1) is 0 Å². The van der Waals surface area contributed by atoms with Gasteiger partial charge in [-0.25, -0.2) is 0 Å². The summed E-state index contributed by atoms with van der Waals surface area (Å²) in [6.07, 6.45) is 1.12. The number of aliphatic hydroxyl groups is 1. The number of carboxylic acid groups (broad SMARTS) is 1. The fourth-order valence-electron chi connectivity index (χ4n) is 6.14. The number of aliphatic carboxylic acids is 1. The second-order valence-corrected chi connectivity index (χ2v) is 17.5. The van der Waals surface area contributed by atoms with E-state index in [9.17, 15) is 58.5 Å². The molecule has 0 heterocycles. The Morgan fingerprint density at radius 1 is 0.545 bits per heavy atom. The molecule has 15 N–H and O–H groups in total. The van der Waals surface area contributed by atoms with E-state index in [-0.39, 0.29) is 54.8 Å². The largest absolute Gasteiger partial charge is 0.508 e. The summed E-state index contributed by atoms with van der Waals surface area (Å²) in [7, 11) is 0. The Hall–Kier alpha value is -5.17. The molecule has 0 saturated heterocycles. The molecule has 0 radical (unpaired) electrons. The average Bonchev–Trinajstić information content (AvgIpc) is 3.25. The Labute approximate surface area is 396 Å². The van der Waals surface area contributed by atoms with Crippen molar-refractivity contribution < 1.29 is 58.5 Å². The lowest BCUT2D eigenvalue weighted by atomic mass is 9.99. The molecule has 0 fully saturated rings. The molecule has 22 nitrogen and oxygen atoms in total. The highest BCUT2D eigenvalue weighted by atomic mass is 32.1. The van der Waals surface area contributed by atoms with Gasteiger partial charge in [0.1, 0.15) is 54.1 Å². The molecule has 0 unspecified atom stereocenters. The first-order valence-corrected chi connectivity index (χ1v) is 23.0. The Kier molecular flexibility index (Phi) is 26.9. The number of aliphatic hydroxyl groups excluding tert-OH is 1. The van der Waals surface area contributed by atoms with Crippen LogP contribution in [0.15, 0.2) is 24.3 Å². The van der Waals surface area contributed by atoms with Crippen LogP contribution < -0.4 is 54.0 Å². The molecule has 24 heteroatoms. The van der Waals surface area contributed by atoms with Gasteiger partial charge in [0.2, 0.25) is 47.3 Å². The Balaban J connectivity index is 3.32. The number of carboxylic acids is 1. The number of benzene rings is 1. The summed E-state index contributed by atoms with van der Waals surface area (Å²) in [5, 5.41) is 49.2. The lowest BCUT2D eigenvalue weighted by Gasteiger charge is -2.28. The first kappa shape index (κ1) is 58.8. The van der Waals surface area contributed by atoms with E-state index in [0.717, 1.165) is 0 Å². The van der Waals surface area contributed by atoms with Gasteiger partial charge in [0.05, 0.1) is 12.6 Å². The van der Waals surface area contributed by atoms with Crippen LogP contribution in [0.25, 0.3) is 0 Å². The van der Waals surface area contributed by atoms with Crippen molar-refractivity contribution in [3.05, 3.63) is 29.8 Å². The highest BCUT2D eigenvalue weighted by molar-refractivity contribution is 7.80. The minimum atomic E-state index is -1.70. The molecule has 8 amide bonds. The number of carbonyl (C=O) groups excluding carboxylic acids is 8. The molecule has 66 heavy (non-hydrogen) atoms. The van der Waals surface area contributed by atoms with E-state index < -0.39 is 114 Å². The number of rotatable bonds is 30. The third-order valence-corrected chi connectivity index (χ3v) is 10.6. The van der Waals surface area contributed by atoms with Gasteiger partial charge in [0, 0.05) is 17.9 Å². The number of amides is 8. The second kappa shape index (κ2) is 30.2. The number of hydrogen-bond acceptors (Lipinski definition) is 15. The summed E-state index contributed by atoms with van der Waals surface area (Å²) < 4.78 is 0. The zero-order valence-corrected chi connectivity index (χ0v) is 40.1. The predicted molar refractivity (Wildman–Crippen MR) is 251 cm³/mol. The van der Waals surface area contributed by atoms with Crippen molar-refractivity contribution in [1.82, 2.24) is 42.5 Å². The molecule has 0 aliphatic carbocycles. The van der Waals surface area contributed by atoms with E-state index in [1.54, 1.807) is 0 Å². The predicted octanol–water partition coefficient (Wildman–Crippen LogP) is -2.66. The smallest absolute Gasteiger partial charge is 0.325 e. The van der Waals surface area contributed by atoms with Crippen LogP contribution in [0.1, 0.15) is 79.2 Å². The molecule has 1 aromatic carbocycles. The number of thiol groups is 2. The number of hydrogen-bond donors (Lipinski definition) is 15. The van der Waals surface area contributed by atoms with Crippen LogP contribution in [0.2, 0.25) is 0 Å². The van der Waals surface area contributed by atoms with Crippen molar-refractivity contribution in [2.24, 2.45) is 23.3 Å². The zero-order valence-electron chi connectivity index (χ0n) is 38.3. The van der Waals surface area contributed by atoms with Crippen LogP contribution in [0.4, 0.5) is 0 Å². The molecule has 1 aromatic rings. The number of phenolic OH excluding ortho intramolecular Hbond substituents is 1. The Morgan fingerprint density at radius 2 is 0.924 bits per heavy atom. The molecule has 0 bridgehead atoms. The van der Waals surface area contributed by atoms with Crippen molar-refractivity contribution in [2.75, 3.05) is 24.7 Å². The van der Waals surface area contributed by atoms with Crippen LogP contribution in [0.5, 0.6) is 5.75 Å². The number of unbranched alkanes of at least 4 members (excludes halogenated alkanes) is 1. The fraction of sp³-hybridized carbons (Fsp3) is 0.643. The van der Waals surface area contributed by atoms with Gasteiger partial charge in [0.15, 0.2) is 0 Å². The third kappa shape index (κ3) is 21.4. The summed E-state index contributed by atoms with van der Waals surface area (Å²) >= 11 is 8.40. The quantitative estimate of drug-likeness (QED) is 0.0277. The molecule has 9 atom stereocenters. The van der Waals surface area contributed by atoms with Crippen LogP contribution >= 0.6 is 25.3 Å². The van der Waals surface area contributed by atoms with Gasteiger partial charge in [-0.2, -0.15) is 25.3 Å². The Bertz CT molecular complexity index is 1790. The van der Waals surface area contributed by atoms with E-state index in [1.807, 2.05) is 27.7 Å². The molecular weight excluding hydrogens is 901 g/mol. The topological polar surface area (TPSA) is 363 Å². The van der Waals surface area contributed by atoms with E-state index in [0.29, 0.717) is 24.9 Å². The molecule has 0 aromatic heterocycles. The van der Waals surface area contributed by atoms with Crippen molar-refractivity contribution in [1.29, 1.82) is 0 Å². The number of nitrogens with one attached hydrogen (secondary N) is 8. The lowest BCUT2D eigenvalue weighted by molar-refractivity contribution is -0.141. The lowest BCUT2D eigenvalue weighted by Crippen LogP contribution is -2.61. The third-order valence-electron chi connectivity index (χ3n) is 9.86. The normalized spacial score (nSPS) is 15.3. The van der Waals surface area contributed by atoms with Crippen LogP contribution in [0.3, 0.4) is 0 Å². The molecule has 1 rings (SSSR count). The maximum Gasteiger partial charge on any atom is 0.325 e. The molecule has 0 saturated carbocycles. The van der Waals surface area contributed by atoms with Crippen molar-refractivity contribution in [3.8, 4) is 5.75 Å². The number of carbonyl (C=O) groups is 9. The van der Waals surface area contributed by atoms with Crippen LogP contribution in [-0.2, 0) is 49.6 Å².